The number of nitrogens with zero attached hydrogens (tertiary/aromatic N) is 1. The van der Waals surface area contributed by atoms with E-state index in [9.17, 15) is 4.79 Å². The van der Waals surface area contributed by atoms with E-state index in [1.54, 1.807) is 14.2 Å². The van der Waals surface area contributed by atoms with E-state index >= 15 is 0 Å². The first-order chi connectivity index (χ1) is 11.6. The lowest BCUT2D eigenvalue weighted by Crippen LogP contribution is -2.30. The summed E-state index contributed by atoms with van der Waals surface area (Å²) >= 11 is 0. The van der Waals surface area contributed by atoms with Crippen molar-refractivity contribution in [2.45, 2.75) is 19.9 Å². The minimum Gasteiger partial charge on any atom is -0.493 e. The number of carbonyl (C=O) groups excluding carboxylic acids is 1. The van der Waals surface area contributed by atoms with Gasteiger partial charge in [-0.15, -0.1) is 0 Å². The molecule has 1 heterocycles. The lowest BCUT2D eigenvalue weighted by Gasteiger charge is -2.31. The molecule has 0 saturated carbocycles. The summed E-state index contributed by atoms with van der Waals surface area (Å²) in [6.45, 7) is 3.29. The summed E-state index contributed by atoms with van der Waals surface area (Å²) < 4.78 is 10.8. The molecular weight excluding hydrogens is 304 g/mol. The lowest BCUT2D eigenvalue weighted by atomic mass is 9.98. The van der Waals surface area contributed by atoms with E-state index in [1.165, 1.54) is 18.1 Å². The second-order valence-electron chi connectivity index (χ2n) is 5.88. The van der Waals surface area contributed by atoms with E-state index in [4.69, 9.17) is 9.47 Å². The van der Waals surface area contributed by atoms with Crippen LogP contribution in [0.4, 0.5) is 11.4 Å². The van der Waals surface area contributed by atoms with Crippen molar-refractivity contribution in [1.82, 2.24) is 0 Å². The Labute approximate surface area is 142 Å². The quantitative estimate of drug-likeness (QED) is 0.937. The molecule has 5 heteroatoms. The highest BCUT2D eigenvalue weighted by molar-refractivity contribution is 5.88. The number of amides is 1. The van der Waals surface area contributed by atoms with Gasteiger partial charge in [0, 0.05) is 31.4 Å². The molecule has 0 aromatic heterocycles. The van der Waals surface area contributed by atoms with Crippen molar-refractivity contribution in [1.29, 1.82) is 0 Å². The average molecular weight is 326 g/mol. The van der Waals surface area contributed by atoms with Crippen molar-refractivity contribution in [2.75, 3.05) is 31.0 Å². The van der Waals surface area contributed by atoms with Gasteiger partial charge in [-0.25, -0.2) is 0 Å². The van der Waals surface area contributed by atoms with Crippen molar-refractivity contribution in [2.24, 2.45) is 0 Å². The van der Waals surface area contributed by atoms with Gasteiger partial charge in [-0.2, -0.15) is 0 Å². The molecule has 126 valence electrons. The Hall–Kier alpha value is -2.69. The summed E-state index contributed by atoms with van der Waals surface area (Å²) in [5, 5.41) is 2.79. The van der Waals surface area contributed by atoms with Gasteiger partial charge in [-0.05, 0) is 53.9 Å². The van der Waals surface area contributed by atoms with Crippen molar-refractivity contribution in [3.05, 3.63) is 47.5 Å². The van der Waals surface area contributed by atoms with Crippen LogP contribution in [0.25, 0.3) is 0 Å². The fourth-order valence-electron chi connectivity index (χ4n) is 3.06. The molecule has 1 amide bonds. The fraction of sp³-hybridized carbons (Fsp3) is 0.316. The standard InChI is InChI=1S/C19H22N2O3/c1-13(22)20-16-4-6-17(7-5-16)21-9-8-14-10-18(23-2)19(24-3)11-15(14)12-21/h4-7,10-11H,8-9,12H2,1-3H3,(H,20,22). The topological polar surface area (TPSA) is 50.8 Å². The fourth-order valence-corrected chi connectivity index (χ4v) is 3.06. The Bertz CT molecular complexity index is 741. The molecule has 0 saturated heterocycles. The van der Waals surface area contributed by atoms with Gasteiger partial charge >= 0.3 is 0 Å². The third-order valence-corrected chi connectivity index (χ3v) is 4.27. The zero-order valence-electron chi connectivity index (χ0n) is 14.3. The molecule has 0 radical (unpaired) electrons. The molecule has 1 aliphatic heterocycles. The molecule has 1 N–H and O–H groups in total. The monoisotopic (exact) mass is 326 g/mol. The van der Waals surface area contributed by atoms with Crippen LogP contribution in [0.2, 0.25) is 0 Å². The molecule has 0 aliphatic carbocycles. The first-order valence-corrected chi connectivity index (χ1v) is 7.97. The number of fused-ring (bicyclic) bond motifs is 1. The van der Waals surface area contributed by atoms with E-state index in [0.29, 0.717) is 0 Å². The maximum absolute atomic E-state index is 11.1. The number of hydrogen-bond acceptors (Lipinski definition) is 4. The van der Waals surface area contributed by atoms with Gasteiger partial charge < -0.3 is 19.7 Å². The third-order valence-electron chi connectivity index (χ3n) is 4.27. The Morgan fingerprint density at radius 2 is 1.67 bits per heavy atom. The van der Waals surface area contributed by atoms with Gasteiger partial charge in [0.05, 0.1) is 14.2 Å². The summed E-state index contributed by atoms with van der Waals surface area (Å²) in [4.78, 5) is 13.4. The highest BCUT2D eigenvalue weighted by Gasteiger charge is 2.19. The molecule has 2 aromatic carbocycles. The zero-order chi connectivity index (χ0) is 17.1. The molecule has 24 heavy (non-hydrogen) atoms. The Kier molecular flexibility index (Phi) is 4.60. The van der Waals surface area contributed by atoms with E-state index in [-0.39, 0.29) is 5.91 Å². The van der Waals surface area contributed by atoms with Crippen LogP contribution in [0.15, 0.2) is 36.4 Å². The summed E-state index contributed by atoms with van der Waals surface area (Å²) in [7, 11) is 3.32. The molecule has 0 bridgehead atoms. The zero-order valence-corrected chi connectivity index (χ0v) is 14.3. The minimum atomic E-state index is -0.0595. The normalized spacial score (nSPS) is 13.2. The average Bonchev–Trinajstić information content (AvgIpc) is 2.60. The van der Waals surface area contributed by atoms with Crippen LogP contribution in [0, 0.1) is 0 Å². The summed E-state index contributed by atoms with van der Waals surface area (Å²) in [5.41, 5.74) is 4.52. The Balaban J connectivity index is 1.80. The number of rotatable bonds is 4. The molecule has 0 fully saturated rings. The van der Waals surface area contributed by atoms with Gasteiger partial charge in [-0.1, -0.05) is 0 Å². The molecule has 0 atom stereocenters. The van der Waals surface area contributed by atoms with E-state index < -0.39 is 0 Å². The van der Waals surface area contributed by atoms with Crippen LogP contribution in [-0.2, 0) is 17.8 Å². The highest BCUT2D eigenvalue weighted by atomic mass is 16.5. The first-order valence-electron chi connectivity index (χ1n) is 7.97. The summed E-state index contributed by atoms with van der Waals surface area (Å²) in [6, 6.07) is 12.1. The number of hydrogen-bond donors (Lipinski definition) is 1. The van der Waals surface area contributed by atoms with E-state index in [0.717, 1.165) is 42.4 Å². The lowest BCUT2D eigenvalue weighted by molar-refractivity contribution is -0.114. The third kappa shape index (κ3) is 3.30. The summed E-state index contributed by atoms with van der Waals surface area (Å²) in [5.74, 6) is 1.49. The maximum Gasteiger partial charge on any atom is 0.221 e. The van der Waals surface area contributed by atoms with Crippen molar-refractivity contribution in [3.63, 3.8) is 0 Å². The number of anilines is 2. The van der Waals surface area contributed by atoms with Crippen LogP contribution in [0.3, 0.4) is 0 Å². The van der Waals surface area contributed by atoms with Gasteiger partial charge in [0.2, 0.25) is 5.91 Å². The minimum absolute atomic E-state index is 0.0595. The van der Waals surface area contributed by atoms with Crippen molar-refractivity contribution in [3.8, 4) is 11.5 Å². The van der Waals surface area contributed by atoms with E-state index in [1.807, 2.05) is 24.3 Å². The second kappa shape index (κ2) is 6.83. The maximum atomic E-state index is 11.1. The second-order valence-corrected chi connectivity index (χ2v) is 5.88. The van der Waals surface area contributed by atoms with Gasteiger partial charge in [0.15, 0.2) is 11.5 Å². The van der Waals surface area contributed by atoms with Crippen molar-refractivity contribution >= 4 is 17.3 Å². The molecule has 5 nitrogen and oxygen atoms in total. The largest absolute Gasteiger partial charge is 0.493 e. The Morgan fingerprint density at radius 3 is 2.25 bits per heavy atom. The molecular formula is C19H22N2O3. The molecule has 0 unspecified atom stereocenters. The highest BCUT2D eigenvalue weighted by Crippen LogP contribution is 2.34. The summed E-state index contributed by atoms with van der Waals surface area (Å²) in [6.07, 6.45) is 0.961. The predicted octanol–water partition coefficient (Wildman–Crippen LogP) is 3.22. The molecule has 0 spiro atoms. The van der Waals surface area contributed by atoms with Gasteiger partial charge in [-0.3, -0.25) is 4.79 Å². The van der Waals surface area contributed by atoms with Gasteiger partial charge in [0.1, 0.15) is 0 Å². The molecule has 3 rings (SSSR count). The smallest absolute Gasteiger partial charge is 0.221 e. The number of ether oxygens (including phenoxy) is 2. The Morgan fingerprint density at radius 1 is 1.04 bits per heavy atom. The van der Waals surface area contributed by atoms with Crippen LogP contribution >= 0.6 is 0 Å². The van der Waals surface area contributed by atoms with Crippen LogP contribution < -0.4 is 19.7 Å². The molecule has 2 aromatic rings. The number of benzene rings is 2. The predicted molar refractivity (Wildman–Crippen MR) is 95.0 cm³/mol. The van der Waals surface area contributed by atoms with Gasteiger partial charge in [0.25, 0.3) is 0 Å². The van der Waals surface area contributed by atoms with Crippen LogP contribution in [-0.4, -0.2) is 26.7 Å². The number of nitrogens with one attached hydrogen (secondary N) is 1. The first kappa shape index (κ1) is 16.2. The SMILES string of the molecule is COc1cc2c(cc1OC)CN(c1ccc(NC(C)=O)cc1)CC2. The number of methoxy groups -OCH3 is 2. The van der Waals surface area contributed by atoms with Crippen LogP contribution in [0.1, 0.15) is 18.1 Å². The van der Waals surface area contributed by atoms with E-state index in [2.05, 4.69) is 22.3 Å². The number of carbonyl (C=O) groups is 1. The van der Waals surface area contributed by atoms with Crippen molar-refractivity contribution < 1.29 is 14.3 Å². The molecule has 1 aliphatic rings. The van der Waals surface area contributed by atoms with Crippen LogP contribution in [0.5, 0.6) is 11.5 Å².